The monoisotopic (exact) mass is 392 g/mol. The fraction of sp³-hybridized carbons (Fsp3) is 0.667. The van der Waals surface area contributed by atoms with E-state index >= 15 is 0 Å². The van der Waals surface area contributed by atoms with Crippen LogP contribution in [0.4, 0.5) is 0 Å². The van der Waals surface area contributed by atoms with Crippen LogP contribution in [0.3, 0.4) is 0 Å². The highest BCUT2D eigenvalue weighted by Crippen LogP contribution is 2.26. The number of guanidine groups is 1. The third-order valence-corrected chi connectivity index (χ3v) is 6.09. The van der Waals surface area contributed by atoms with Crippen LogP contribution in [0.15, 0.2) is 29.3 Å². The number of aliphatic imine (C=N–C) groups is 1. The zero-order valence-corrected chi connectivity index (χ0v) is 17.1. The summed E-state index contributed by atoms with van der Waals surface area (Å²) in [6.07, 6.45) is 7.15. The van der Waals surface area contributed by atoms with Gasteiger partial charge in [0.05, 0.1) is 6.54 Å². The van der Waals surface area contributed by atoms with Gasteiger partial charge in [0, 0.05) is 42.3 Å². The number of hydrogen-bond acceptors (Lipinski definition) is 3. The zero-order chi connectivity index (χ0) is 19.1. The van der Waals surface area contributed by atoms with Crippen LogP contribution in [-0.4, -0.2) is 54.2 Å². The van der Waals surface area contributed by atoms with Gasteiger partial charge in [-0.15, -0.1) is 0 Å². The van der Waals surface area contributed by atoms with E-state index < -0.39 is 6.10 Å². The lowest BCUT2D eigenvalue weighted by Gasteiger charge is -2.36. The average Bonchev–Trinajstić information content (AvgIpc) is 3.22. The molecule has 1 atom stereocenters. The van der Waals surface area contributed by atoms with Gasteiger partial charge in [-0.3, -0.25) is 4.99 Å². The number of piperidine rings is 1. The van der Waals surface area contributed by atoms with E-state index in [1.807, 2.05) is 18.2 Å². The Bertz CT molecular complexity index is 610. The maximum absolute atomic E-state index is 10.4. The number of benzene rings is 1. The number of hydrogen-bond donors (Lipinski definition) is 3. The van der Waals surface area contributed by atoms with Crippen LogP contribution in [0.2, 0.25) is 5.02 Å². The Hall–Kier alpha value is -1.30. The molecule has 1 aromatic rings. The van der Waals surface area contributed by atoms with Crippen LogP contribution in [0, 0.1) is 0 Å². The van der Waals surface area contributed by atoms with Crippen molar-refractivity contribution in [2.24, 2.45) is 4.99 Å². The Morgan fingerprint density at radius 1 is 1.22 bits per heavy atom. The number of halogens is 1. The number of nitrogens with one attached hydrogen (secondary N) is 2. The maximum atomic E-state index is 10.4. The van der Waals surface area contributed by atoms with E-state index in [0.717, 1.165) is 37.0 Å². The number of aliphatic hydroxyl groups excluding tert-OH is 1. The smallest absolute Gasteiger partial charge is 0.191 e. The van der Waals surface area contributed by atoms with Crippen molar-refractivity contribution < 1.29 is 5.11 Å². The first-order valence-electron chi connectivity index (χ1n) is 10.4. The predicted molar refractivity (Wildman–Crippen MR) is 112 cm³/mol. The summed E-state index contributed by atoms with van der Waals surface area (Å²) in [7, 11) is 0. The van der Waals surface area contributed by atoms with Crippen LogP contribution in [0.25, 0.3) is 0 Å². The van der Waals surface area contributed by atoms with Crippen molar-refractivity contribution in [3.05, 3.63) is 34.9 Å². The molecule has 6 heteroatoms. The van der Waals surface area contributed by atoms with Crippen molar-refractivity contribution >= 4 is 17.6 Å². The molecule has 1 saturated carbocycles. The Labute approximate surface area is 168 Å². The molecule has 1 aromatic carbocycles. The highest BCUT2D eigenvalue weighted by molar-refractivity contribution is 6.31. The summed E-state index contributed by atoms with van der Waals surface area (Å²) in [4.78, 5) is 7.27. The number of likely N-dealkylation sites (tertiary alicyclic amines) is 1. The van der Waals surface area contributed by atoms with Gasteiger partial charge in [0.2, 0.25) is 0 Å². The molecule has 5 nitrogen and oxygen atoms in total. The number of rotatable bonds is 6. The number of nitrogens with zero attached hydrogens (tertiary/aromatic N) is 2. The average molecular weight is 393 g/mol. The molecule has 0 radical (unpaired) electrons. The second-order valence-corrected chi connectivity index (χ2v) is 8.06. The Morgan fingerprint density at radius 3 is 2.59 bits per heavy atom. The lowest BCUT2D eigenvalue weighted by molar-refractivity contribution is 0.150. The van der Waals surface area contributed by atoms with E-state index in [-0.39, 0.29) is 0 Å². The van der Waals surface area contributed by atoms with Crippen LogP contribution >= 0.6 is 11.6 Å². The molecule has 3 rings (SSSR count). The molecule has 0 aromatic heterocycles. The van der Waals surface area contributed by atoms with Crippen molar-refractivity contribution in [3.63, 3.8) is 0 Å². The summed E-state index contributed by atoms with van der Waals surface area (Å²) >= 11 is 6.17. The molecule has 1 heterocycles. The largest absolute Gasteiger partial charge is 0.386 e. The molecule has 2 aliphatic rings. The molecule has 1 unspecified atom stereocenters. The number of aliphatic hydroxyl groups is 1. The van der Waals surface area contributed by atoms with E-state index in [1.165, 1.54) is 38.8 Å². The molecule has 1 aliphatic heterocycles. The topological polar surface area (TPSA) is 59.9 Å². The second kappa shape index (κ2) is 10.3. The highest BCUT2D eigenvalue weighted by atomic mass is 35.5. The molecule has 0 spiro atoms. The van der Waals surface area contributed by atoms with E-state index in [2.05, 4.69) is 27.4 Å². The summed E-state index contributed by atoms with van der Waals surface area (Å²) in [6, 6.07) is 8.66. The van der Waals surface area contributed by atoms with E-state index in [0.29, 0.717) is 17.6 Å². The maximum Gasteiger partial charge on any atom is 0.191 e. The minimum atomic E-state index is -0.696. The summed E-state index contributed by atoms with van der Waals surface area (Å²) < 4.78 is 0. The van der Waals surface area contributed by atoms with Gasteiger partial charge in [-0.25, -0.2) is 0 Å². The standard InChI is InChI=1S/C21H33ClN4O/c1-2-23-21(24-15-20(27)18-9-5-6-10-19(18)22)25-16-11-13-26(14-12-16)17-7-3-4-8-17/h5-6,9-10,16-17,20,27H,2-4,7-8,11-15H2,1H3,(H2,23,24,25). The lowest BCUT2D eigenvalue weighted by atomic mass is 10.0. The molecule has 3 N–H and O–H groups in total. The molecule has 150 valence electrons. The molecule has 1 saturated heterocycles. The molecular weight excluding hydrogens is 360 g/mol. The third-order valence-electron chi connectivity index (χ3n) is 5.74. The van der Waals surface area contributed by atoms with Crippen LogP contribution in [-0.2, 0) is 0 Å². The summed E-state index contributed by atoms with van der Waals surface area (Å²) in [5.74, 6) is 0.780. The molecular formula is C21H33ClN4O. The molecule has 1 aliphatic carbocycles. The Balaban J connectivity index is 1.51. The quantitative estimate of drug-likeness (QED) is 0.513. The summed E-state index contributed by atoms with van der Waals surface area (Å²) in [5, 5.41) is 17.9. The summed E-state index contributed by atoms with van der Waals surface area (Å²) in [5.41, 5.74) is 0.726. The van der Waals surface area contributed by atoms with Gasteiger partial charge in [-0.2, -0.15) is 0 Å². The molecule has 27 heavy (non-hydrogen) atoms. The molecule has 2 fully saturated rings. The first-order chi connectivity index (χ1) is 13.2. The van der Waals surface area contributed by atoms with Gasteiger partial charge in [-0.1, -0.05) is 42.6 Å². The van der Waals surface area contributed by atoms with Crippen molar-refractivity contribution in [2.45, 2.75) is 63.6 Å². The zero-order valence-electron chi connectivity index (χ0n) is 16.3. The van der Waals surface area contributed by atoms with Crippen LogP contribution < -0.4 is 10.6 Å². The van der Waals surface area contributed by atoms with E-state index in [4.69, 9.17) is 11.6 Å². The Morgan fingerprint density at radius 2 is 1.93 bits per heavy atom. The Kier molecular flexibility index (Phi) is 7.80. The van der Waals surface area contributed by atoms with Crippen molar-refractivity contribution in [2.75, 3.05) is 26.2 Å². The van der Waals surface area contributed by atoms with Gasteiger partial charge >= 0.3 is 0 Å². The predicted octanol–water partition coefficient (Wildman–Crippen LogP) is 3.34. The first-order valence-corrected chi connectivity index (χ1v) is 10.8. The minimum Gasteiger partial charge on any atom is -0.386 e. The van der Waals surface area contributed by atoms with Crippen molar-refractivity contribution in [1.82, 2.24) is 15.5 Å². The van der Waals surface area contributed by atoms with E-state index in [1.54, 1.807) is 6.07 Å². The van der Waals surface area contributed by atoms with Crippen molar-refractivity contribution in [3.8, 4) is 0 Å². The minimum absolute atomic E-state index is 0.292. The van der Waals surface area contributed by atoms with Crippen molar-refractivity contribution in [1.29, 1.82) is 0 Å². The van der Waals surface area contributed by atoms with Crippen LogP contribution in [0.1, 0.15) is 57.1 Å². The van der Waals surface area contributed by atoms with Gasteiger partial charge < -0.3 is 20.6 Å². The van der Waals surface area contributed by atoms with Crippen LogP contribution in [0.5, 0.6) is 0 Å². The van der Waals surface area contributed by atoms with Gasteiger partial charge in [0.1, 0.15) is 6.10 Å². The third kappa shape index (κ3) is 5.84. The molecule has 0 bridgehead atoms. The fourth-order valence-corrected chi connectivity index (χ4v) is 4.47. The van der Waals surface area contributed by atoms with Gasteiger partial charge in [0.25, 0.3) is 0 Å². The first kappa shape index (κ1) is 20.4. The van der Waals surface area contributed by atoms with E-state index in [9.17, 15) is 5.11 Å². The van der Waals surface area contributed by atoms with Gasteiger partial charge in [-0.05, 0) is 38.7 Å². The molecule has 0 amide bonds. The van der Waals surface area contributed by atoms with Gasteiger partial charge in [0.15, 0.2) is 5.96 Å². The fourth-order valence-electron chi connectivity index (χ4n) is 4.21. The summed E-state index contributed by atoms with van der Waals surface area (Å²) in [6.45, 7) is 5.49. The second-order valence-electron chi connectivity index (χ2n) is 7.65. The lowest BCUT2D eigenvalue weighted by Crippen LogP contribution is -2.50. The normalized spacial score (nSPS) is 21.4. The highest BCUT2D eigenvalue weighted by Gasteiger charge is 2.27. The SMILES string of the molecule is CCNC(=NCC(O)c1ccccc1Cl)NC1CCN(C2CCCC2)CC1.